The fourth-order valence-corrected chi connectivity index (χ4v) is 4.34. The van der Waals surface area contributed by atoms with Crippen LogP contribution in [0.5, 0.6) is 5.75 Å². The molecule has 4 rings (SSSR count). The summed E-state index contributed by atoms with van der Waals surface area (Å²) in [7, 11) is 1.47. The van der Waals surface area contributed by atoms with Gasteiger partial charge >= 0.3 is 5.97 Å². The molecule has 6 nitrogen and oxygen atoms in total. The van der Waals surface area contributed by atoms with Gasteiger partial charge in [-0.05, 0) is 99.6 Å². The normalized spacial score (nSPS) is 13.5. The van der Waals surface area contributed by atoms with E-state index in [-0.39, 0.29) is 17.5 Å². The third-order valence-electron chi connectivity index (χ3n) is 6.50. The van der Waals surface area contributed by atoms with Gasteiger partial charge < -0.3 is 24.6 Å². The van der Waals surface area contributed by atoms with Gasteiger partial charge in [-0.1, -0.05) is 42.5 Å². The number of aliphatic hydroxyl groups is 1. The molecular formula is C32H42FNO5. The Bertz CT molecular complexity index is 1180. The van der Waals surface area contributed by atoms with Crippen molar-refractivity contribution < 1.29 is 28.9 Å². The number of nitrogens with zero attached hydrogens (tertiary/aromatic N) is 1. The number of halogens is 1. The highest BCUT2D eigenvalue weighted by Crippen LogP contribution is 2.33. The molecule has 1 aliphatic rings. The number of ether oxygens (including phenoxy) is 2. The number of aromatic carboxylic acids is 1. The van der Waals surface area contributed by atoms with Crippen molar-refractivity contribution in [3.63, 3.8) is 0 Å². The average molecular weight is 540 g/mol. The molecule has 1 unspecified atom stereocenters. The van der Waals surface area contributed by atoms with Crippen LogP contribution in [0.15, 0.2) is 60.7 Å². The summed E-state index contributed by atoms with van der Waals surface area (Å²) in [6, 6.07) is 18.3. The van der Waals surface area contributed by atoms with Crippen molar-refractivity contribution in [1.82, 2.24) is 4.90 Å². The number of aryl methyl sites for hydroxylation is 2. The summed E-state index contributed by atoms with van der Waals surface area (Å²) in [5.41, 5.74) is 4.82. The van der Waals surface area contributed by atoms with Crippen LogP contribution in [0.3, 0.4) is 0 Å². The maximum Gasteiger partial charge on any atom is 0.339 e. The molecule has 0 aliphatic carbocycles. The predicted molar refractivity (Wildman–Crippen MR) is 154 cm³/mol. The fraction of sp³-hybridized carbons (Fsp3) is 0.406. The fourth-order valence-electron chi connectivity index (χ4n) is 4.34. The molecule has 1 saturated heterocycles. The van der Waals surface area contributed by atoms with E-state index in [0.717, 1.165) is 28.8 Å². The third-order valence-corrected chi connectivity index (χ3v) is 6.50. The molecule has 1 aliphatic heterocycles. The van der Waals surface area contributed by atoms with Gasteiger partial charge in [-0.25, -0.2) is 9.18 Å². The van der Waals surface area contributed by atoms with Crippen LogP contribution in [0, 0.1) is 19.7 Å². The maximum absolute atomic E-state index is 12.6. The molecule has 0 aromatic heterocycles. The van der Waals surface area contributed by atoms with Gasteiger partial charge in [-0.15, -0.1) is 0 Å². The van der Waals surface area contributed by atoms with Crippen LogP contribution < -0.4 is 4.74 Å². The number of likely N-dealkylation sites (tertiary alicyclic amines) is 1. The Labute approximate surface area is 232 Å². The third kappa shape index (κ3) is 10.1. The Balaban J connectivity index is 0.000000255. The number of carboxylic acid groups (broad SMARTS) is 1. The second-order valence-electron chi connectivity index (χ2n) is 9.43. The van der Waals surface area contributed by atoms with Crippen LogP contribution in [0.25, 0.3) is 11.1 Å². The highest BCUT2D eigenvalue weighted by atomic mass is 19.1. The molecule has 0 radical (unpaired) electrons. The highest BCUT2D eigenvalue weighted by molar-refractivity contribution is 5.92. The molecule has 2 N–H and O–H groups in total. The molecule has 0 spiro atoms. The lowest BCUT2D eigenvalue weighted by atomic mass is 9.95. The van der Waals surface area contributed by atoms with Gasteiger partial charge in [0.05, 0.1) is 19.8 Å². The summed E-state index contributed by atoms with van der Waals surface area (Å²) in [5.74, 6) is -0.766. The lowest BCUT2D eigenvalue weighted by Crippen LogP contribution is -2.22. The van der Waals surface area contributed by atoms with Crippen molar-refractivity contribution in [2.24, 2.45) is 0 Å². The Morgan fingerprint density at radius 2 is 1.74 bits per heavy atom. The monoisotopic (exact) mass is 539 g/mol. The molecule has 1 atom stereocenters. The first-order chi connectivity index (χ1) is 18.7. The summed E-state index contributed by atoms with van der Waals surface area (Å²) in [5, 5.41) is 17.7. The van der Waals surface area contributed by atoms with Gasteiger partial charge in [-0.2, -0.15) is 0 Å². The van der Waals surface area contributed by atoms with Gasteiger partial charge in [0.15, 0.2) is 0 Å². The van der Waals surface area contributed by atoms with Crippen LogP contribution in [0.1, 0.15) is 59.8 Å². The van der Waals surface area contributed by atoms with Gasteiger partial charge in [0.2, 0.25) is 0 Å². The van der Waals surface area contributed by atoms with E-state index in [9.17, 15) is 14.3 Å². The number of hydrogen-bond donors (Lipinski definition) is 2. The SMILES string of the molecule is CCOC(C)c1ccccc1-c1ccc(C(=O)O)c(OC)c1.Cc1ccc(C)c(F)c1.OCCN1CCCC1. The summed E-state index contributed by atoms with van der Waals surface area (Å²) < 4.78 is 23.5. The van der Waals surface area contributed by atoms with Crippen molar-refractivity contribution >= 4 is 5.97 Å². The number of benzene rings is 3. The Hall–Kier alpha value is -3.26. The van der Waals surface area contributed by atoms with E-state index in [0.29, 0.717) is 24.5 Å². The minimum Gasteiger partial charge on any atom is -0.496 e. The molecule has 1 heterocycles. The van der Waals surface area contributed by atoms with Crippen molar-refractivity contribution in [1.29, 1.82) is 0 Å². The molecule has 0 amide bonds. The summed E-state index contributed by atoms with van der Waals surface area (Å²) in [6.07, 6.45) is 2.60. The Kier molecular flexibility index (Phi) is 13.6. The van der Waals surface area contributed by atoms with Gasteiger partial charge in [0, 0.05) is 13.2 Å². The van der Waals surface area contributed by atoms with Crippen LogP contribution in [-0.4, -0.2) is 61.0 Å². The van der Waals surface area contributed by atoms with Gasteiger partial charge in [0.1, 0.15) is 17.1 Å². The van der Waals surface area contributed by atoms with Crippen molar-refractivity contribution in [3.05, 3.63) is 88.7 Å². The number of carboxylic acids is 1. The minimum absolute atomic E-state index is 0.0358. The zero-order valence-corrected chi connectivity index (χ0v) is 23.7. The predicted octanol–water partition coefficient (Wildman–Crippen LogP) is 6.67. The number of aliphatic hydroxyl groups excluding tert-OH is 1. The first-order valence-corrected chi connectivity index (χ1v) is 13.4. The first-order valence-electron chi connectivity index (χ1n) is 13.4. The molecule has 1 fully saturated rings. The maximum atomic E-state index is 12.6. The lowest BCUT2D eigenvalue weighted by molar-refractivity contribution is 0.0693. The number of hydrogen-bond acceptors (Lipinski definition) is 5. The largest absolute Gasteiger partial charge is 0.496 e. The number of β-amino-alcohol motifs (C(OH)–C–C–N with tert-alkyl or cyclic N) is 1. The topological polar surface area (TPSA) is 79.2 Å². The van der Waals surface area contributed by atoms with E-state index in [2.05, 4.69) is 4.90 Å². The van der Waals surface area contributed by atoms with E-state index in [1.54, 1.807) is 31.2 Å². The smallest absolute Gasteiger partial charge is 0.339 e. The van der Waals surface area contributed by atoms with E-state index >= 15 is 0 Å². The quantitative estimate of drug-likeness (QED) is 0.333. The zero-order valence-electron chi connectivity index (χ0n) is 23.7. The Morgan fingerprint density at radius 3 is 2.31 bits per heavy atom. The Morgan fingerprint density at radius 1 is 1.05 bits per heavy atom. The van der Waals surface area contributed by atoms with Gasteiger partial charge in [-0.3, -0.25) is 0 Å². The van der Waals surface area contributed by atoms with Crippen LogP contribution in [0.2, 0.25) is 0 Å². The van der Waals surface area contributed by atoms with Crippen molar-refractivity contribution in [2.75, 3.05) is 40.0 Å². The lowest BCUT2D eigenvalue weighted by Gasteiger charge is -2.17. The van der Waals surface area contributed by atoms with E-state index in [4.69, 9.17) is 14.6 Å². The molecular weight excluding hydrogens is 497 g/mol. The van der Waals surface area contributed by atoms with E-state index in [1.807, 2.05) is 51.1 Å². The van der Waals surface area contributed by atoms with E-state index < -0.39 is 5.97 Å². The molecule has 212 valence electrons. The average Bonchev–Trinajstić information content (AvgIpc) is 3.45. The number of methoxy groups -OCH3 is 1. The van der Waals surface area contributed by atoms with Crippen LogP contribution in [-0.2, 0) is 4.74 Å². The second kappa shape index (κ2) is 16.6. The second-order valence-corrected chi connectivity index (χ2v) is 9.43. The summed E-state index contributed by atoms with van der Waals surface area (Å²) in [6.45, 7) is 11.8. The van der Waals surface area contributed by atoms with Crippen molar-refractivity contribution in [3.8, 4) is 16.9 Å². The number of carbonyl (C=O) groups is 1. The molecule has 0 saturated carbocycles. The zero-order chi connectivity index (χ0) is 28.8. The molecule has 7 heteroatoms. The highest BCUT2D eigenvalue weighted by Gasteiger charge is 2.16. The number of rotatable bonds is 8. The molecule has 39 heavy (non-hydrogen) atoms. The van der Waals surface area contributed by atoms with E-state index in [1.165, 1.54) is 39.1 Å². The molecule has 3 aromatic carbocycles. The molecule has 0 bridgehead atoms. The summed E-state index contributed by atoms with van der Waals surface area (Å²) >= 11 is 0. The van der Waals surface area contributed by atoms with Crippen LogP contribution >= 0.6 is 0 Å². The van der Waals surface area contributed by atoms with Gasteiger partial charge in [0.25, 0.3) is 0 Å². The van der Waals surface area contributed by atoms with Crippen molar-refractivity contribution in [2.45, 2.75) is 46.6 Å². The summed E-state index contributed by atoms with van der Waals surface area (Å²) in [4.78, 5) is 13.5. The molecule has 3 aromatic rings. The standard InChI is InChI=1S/C18H20O4.C8H9F.C6H13NO/c1-4-22-12(2)14-7-5-6-8-15(14)13-9-10-16(18(19)20)17(11-13)21-3;1-6-3-4-7(2)8(9)5-6;8-6-5-7-3-1-2-4-7/h5-12H,4H2,1-3H3,(H,19,20);3-5H,1-2H3;8H,1-6H2. The first kappa shape index (κ1) is 32.0. The minimum atomic E-state index is -1.00. The van der Waals surface area contributed by atoms with Crippen LogP contribution in [0.4, 0.5) is 4.39 Å².